The third-order valence-corrected chi connectivity index (χ3v) is 3.97. The molecule has 0 saturated heterocycles. The summed E-state index contributed by atoms with van der Waals surface area (Å²) in [6.45, 7) is 0. The van der Waals surface area contributed by atoms with Crippen LogP contribution in [0.1, 0.15) is 0 Å². The van der Waals surface area contributed by atoms with Gasteiger partial charge in [-0.05, 0) is 12.9 Å². The molecule has 0 aromatic heterocycles. The highest BCUT2D eigenvalue weighted by Gasteiger charge is 2.25. The number of hydrogen-bond donors (Lipinski definition) is 1. The predicted octanol–water partition coefficient (Wildman–Crippen LogP) is 1.26. The molecule has 0 aromatic carbocycles. The maximum absolute atomic E-state index is 11.5. The van der Waals surface area contributed by atoms with Gasteiger partial charge in [-0.3, -0.25) is 5.09 Å². The third-order valence-electron chi connectivity index (χ3n) is 1.62. The molecule has 0 aromatic rings. The Morgan fingerprint density at radius 1 is 1.90 bits per heavy atom. The topological polar surface area (TPSA) is 29.1 Å². The predicted molar refractivity (Wildman–Crippen MR) is 43.0 cm³/mol. The Hall–Kier alpha value is -0.510. The molecule has 1 rings (SSSR count). The van der Waals surface area contributed by atoms with Crippen LogP contribution in [0.25, 0.3) is 0 Å². The number of hydrogen-bond acceptors (Lipinski definition) is 1. The van der Waals surface area contributed by atoms with Crippen LogP contribution in [-0.4, -0.2) is 13.2 Å². The summed E-state index contributed by atoms with van der Waals surface area (Å²) in [6, 6.07) is 0. The molecule has 1 N–H and O–H groups in total. The van der Waals surface area contributed by atoms with E-state index in [0.29, 0.717) is 6.16 Å². The normalized spacial score (nSPS) is 37.8. The van der Waals surface area contributed by atoms with Gasteiger partial charge in [0.25, 0.3) is 0 Å². The molecule has 2 nitrogen and oxygen atoms in total. The summed E-state index contributed by atoms with van der Waals surface area (Å²) in [6.07, 6.45) is 7.57. The van der Waals surface area contributed by atoms with Gasteiger partial charge in [-0.25, -0.2) is 0 Å². The van der Waals surface area contributed by atoms with Crippen molar-refractivity contribution < 1.29 is 4.57 Å². The Labute approximate surface area is 61.1 Å². The molecular weight excluding hydrogens is 145 g/mol. The third kappa shape index (κ3) is 1.31. The number of nitrogens with one attached hydrogen (secondary N) is 1. The number of terminal acetylenes is 1. The first-order valence-corrected chi connectivity index (χ1v) is 5.09. The summed E-state index contributed by atoms with van der Waals surface area (Å²) < 4.78 is 11.5. The largest absolute Gasteiger partial charge is 0.302 e. The average Bonchev–Trinajstić information content (AvgIpc) is 2.33. The number of allylic oxidation sites excluding steroid dienone is 1. The highest BCUT2D eigenvalue weighted by molar-refractivity contribution is 7.65. The lowest BCUT2D eigenvalue weighted by Crippen LogP contribution is -2.04. The lowest BCUT2D eigenvalue weighted by atomic mass is 10.2. The Balaban J connectivity index is 2.71. The van der Waals surface area contributed by atoms with Gasteiger partial charge in [-0.15, -0.1) is 6.42 Å². The minimum Gasteiger partial charge on any atom is -0.302 e. The van der Waals surface area contributed by atoms with Gasteiger partial charge in [0.2, 0.25) is 0 Å². The van der Waals surface area contributed by atoms with Crippen molar-refractivity contribution in [1.29, 1.82) is 0 Å². The molecule has 0 radical (unpaired) electrons. The van der Waals surface area contributed by atoms with Crippen LogP contribution in [0.2, 0.25) is 0 Å². The Bertz CT molecular complexity index is 238. The van der Waals surface area contributed by atoms with E-state index >= 15 is 0 Å². The zero-order valence-electron chi connectivity index (χ0n) is 5.87. The smallest absolute Gasteiger partial charge is 0.170 e. The molecule has 54 valence electrons. The fourth-order valence-corrected chi connectivity index (χ4v) is 2.68. The van der Waals surface area contributed by atoms with E-state index in [4.69, 9.17) is 6.42 Å². The van der Waals surface area contributed by atoms with Crippen LogP contribution < -0.4 is 5.09 Å². The molecular formula is C7H10NOP. The molecule has 1 aliphatic heterocycles. The lowest BCUT2D eigenvalue weighted by molar-refractivity contribution is 0.575. The van der Waals surface area contributed by atoms with E-state index in [2.05, 4.69) is 11.0 Å². The zero-order chi connectivity index (χ0) is 7.61. The van der Waals surface area contributed by atoms with Crippen LogP contribution in [0.15, 0.2) is 11.9 Å². The first-order chi connectivity index (χ1) is 4.70. The van der Waals surface area contributed by atoms with Crippen molar-refractivity contribution in [2.75, 3.05) is 13.2 Å². The van der Waals surface area contributed by atoms with Gasteiger partial charge < -0.3 is 4.57 Å². The SMILES string of the molecule is C#CC1C=CP(=O)(NC)C1. The van der Waals surface area contributed by atoms with Crippen molar-refractivity contribution in [3.05, 3.63) is 11.9 Å². The molecule has 0 spiro atoms. The van der Waals surface area contributed by atoms with Crippen molar-refractivity contribution in [2.45, 2.75) is 0 Å². The second kappa shape index (κ2) is 2.62. The highest BCUT2D eigenvalue weighted by atomic mass is 31.2. The van der Waals surface area contributed by atoms with E-state index in [-0.39, 0.29) is 5.92 Å². The average molecular weight is 155 g/mol. The Morgan fingerprint density at radius 2 is 2.60 bits per heavy atom. The first kappa shape index (κ1) is 7.60. The molecule has 0 aliphatic carbocycles. The lowest BCUT2D eigenvalue weighted by Gasteiger charge is -2.06. The summed E-state index contributed by atoms with van der Waals surface area (Å²) in [4.78, 5) is 0. The molecule has 1 aliphatic rings. The van der Waals surface area contributed by atoms with Gasteiger partial charge in [0.05, 0.1) is 0 Å². The van der Waals surface area contributed by atoms with Crippen LogP contribution in [-0.2, 0) is 4.57 Å². The fourth-order valence-electron chi connectivity index (χ4n) is 0.931. The van der Waals surface area contributed by atoms with Crippen molar-refractivity contribution >= 4 is 7.29 Å². The van der Waals surface area contributed by atoms with E-state index in [0.717, 1.165) is 0 Å². The quantitative estimate of drug-likeness (QED) is 0.456. The standard InChI is InChI=1S/C7H10NOP/c1-3-7-4-5-10(9,6-7)8-2/h1,4-5,7H,6H2,2H3,(H,8,9). The zero-order valence-corrected chi connectivity index (χ0v) is 6.77. The van der Waals surface area contributed by atoms with Crippen molar-refractivity contribution in [3.63, 3.8) is 0 Å². The minimum absolute atomic E-state index is 0.0679. The Kier molecular flexibility index (Phi) is 1.99. The van der Waals surface area contributed by atoms with Gasteiger partial charge in [-0.2, -0.15) is 0 Å². The summed E-state index contributed by atoms with van der Waals surface area (Å²) in [5, 5.41) is 2.78. The van der Waals surface area contributed by atoms with Crippen molar-refractivity contribution in [1.82, 2.24) is 5.09 Å². The molecule has 2 atom stereocenters. The molecule has 0 fully saturated rings. The second-order valence-corrected chi connectivity index (χ2v) is 5.02. The van der Waals surface area contributed by atoms with E-state index < -0.39 is 7.29 Å². The first-order valence-electron chi connectivity index (χ1n) is 3.13. The van der Waals surface area contributed by atoms with Gasteiger partial charge in [0.15, 0.2) is 7.29 Å². The van der Waals surface area contributed by atoms with Gasteiger partial charge in [-0.1, -0.05) is 12.0 Å². The van der Waals surface area contributed by atoms with Crippen LogP contribution in [0.5, 0.6) is 0 Å². The minimum atomic E-state index is -2.20. The van der Waals surface area contributed by atoms with Crippen LogP contribution in [0, 0.1) is 18.3 Å². The summed E-state index contributed by atoms with van der Waals surface area (Å²) in [7, 11) is -0.498. The van der Waals surface area contributed by atoms with Crippen LogP contribution in [0.3, 0.4) is 0 Å². The fraction of sp³-hybridized carbons (Fsp3) is 0.429. The monoisotopic (exact) mass is 155 g/mol. The van der Waals surface area contributed by atoms with Gasteiger partial charge >= 0.3 is 0 Å². The Morgan fingerprint density at radius 3 is 2.90 bits per heavy atom. The molecule has 2 unspecified atom stereocenters. The van der Waals surface area contributed by atoms with Gasteiger partial charge in [0.1, 0.15) is 0 Å². The highest BCUT2D eigenvalue weighted by Crippen LogP contribution is 2.48. The molecule has 0 saturated carbocycles. The molecule has 3 heteroatoms. The summed E-state index contributed by atoms with van der Waals surface area (Å²) >= 11 is 0. The van der Waals surface area contributed by atoms with E-state index in [1.54, 1.807) is 12.9 Å². The van der Waals surface area contributed by atoms with E-state index in [1.807, 2.05) is 6.08 Å². The number of rotatable bonds is 1. The van der Waals surface area contributed by atoms with Crippen molar-refractivity contribution in [3.8, 4) is 12.3 Å². The molecule has 0 amide bonds. The second-order valence-electron chi connectivity index (χ2n) is 2.32. The van der Waals surface area contributed by atoms with Crippen LogP contribution >= 0.6 is 7.29 Å². The maximum Gasteiger partial charge on any atom is 0.170 e. The summed E-state index contributed by atoms with van der Waals surface area (Å²) in [5.74, 6) is 4.33. The molecule has 1 heterocycles. The maximum atomic E-state index is 11.5. The molecule has 10 heavy (non-hydrogen) atoms. The van der Waals surface area contributed by atoms with E-state index in [1.165, 1.54) is 0 Å². The molecule has 0 bridgehead atoms. The van der Waals surface area contributed by atoms with E-state index in [9.17, 15) is 4.57 Å². The van der Waals surface area contributed by atoms with Gasteiger partial charge in [0, 0.05) is 12.1 Å². The van der Waals surface area contributed by atoms with Crippen molar-refractivity contribution in [2.24, 2.45) is 5.92 Å². The van der Waals surface area contributed by atoms with Crippen LogP contribution in [0.4, 0.5) is 0 Å². The summed E-state index contributed by atoms with van der Waals surface area (Å²) in [5.41, 5.74) is 0.